The van der Waals surface area contributed by atoms with Gasteiger partial charge in [-0.1, -0.05) is 50.6 Å². The number of pyridine rings is 1. The first kappa shape index (κ1) is 24.2. The third kappa shape index (κ3) is 6.44. The zero-order valence-electron chi connectivity index (χ0n) is 19.3. The minimum absolute atomic E-state index is 0.0548. The lowest BCUT2D eigenvalue weighted by Gasteiger charge is -2.28. The molecule has 0 aliphatic heterocycles. The summed E-state index contributed by atoms with van der Waals surface area (Å²) in [5.74, 6) is 0.527. The number of rotatable bonds is 9. The Morgan fingerprint density at radius 2 is 1.87 bits per heavy atom. The first-order chi connectivity index (χ1) is 14.8. The average molecular weight is 428 g/mol. The van der Waals surface area contributed by atoms with Crippen LogP contribution in [0.25, 0.3) is 0 Å². The first-order valence-electron chi connectivity index (χ1n) is 10.5. The number of likely N-dealkylation sites (N-methyl/N-ethyl adjacent to an activating group) is 1. The molecule has 0 aliphatic carbocycles. The summed E-state index contributed by atoms with van der Waals surface area (Å²) in [7, 11) is 3.33. The topological polar surface area (TPSA) is 80.8 Å². The molecular formula is C24H33N3O4. The number of carbonyl (C=O) groups is 2. The van der Waals surface area contributed by atoms with E-state index >= 15 is 0 Å². The van der Waals surface area contributed by atoms with Crippen LogP contribution in [0.4, 0.5) is 4.79 Å². The van der Waals surface area contributed by atoms with Crippen molar-refractivity contribution in [3.63, 3.8) is 0 Å². The molecular weight excluding hydrogens is 394 g/mol. The van der Waals surface area contributed by atoms with Crippen LogP contribution in [0.5, 0.6) is 5.75 Å². The second-order valence-electron chi connectivity index (χ2n) is 7.81. The fourth-order valence-corrected chi connectivity index (χ4v) is 3.35. The molecule has 168 valence electrons. The van der Waals surface area contributed by atoms with Gasteiger partial charge in [0.15, 0.2) is 0 Å². The molecule has 7 nitrogen and oxygen atoms in total. The van der Waals surface area contributed by atoms with E-state index in [1.807, 2.05) is 58.0 Å². The number of hydrogen-bond donors (Lipinski definition) is 1. The number of benzene rings is 1. The summed E-state index contributed by atoms with van der Waals surface area (Å²) in [6.07, 6.45) is 1.87. The highest BCUT2D eigenvalue weighted by atomic mass is 16.5. The van der Waals surface area contributed by atoms with Gasteiger partial charge >= 0.3 is 6.09 Å². The predicted octanol–water partition coefficient (Wildman–Crippen LogP) is 4.01. The number of alkyl carbamates (subject to hydrolysis) is 1. The van der Waals surface area contributed by atoms with Gasteiger partial charge < -0.3 is 19.7 Å². The molecule has 0 bridgehead atoms. The van der Waals surface area contributed by atoms with Crippen LogP contribution in [0.3, 0.4) is 0 Å². The molecule has 0 radical (unpaired) electrons. The summed E-state index contributed by atoms with van der Waals surface area (Å²) in [5, 5.41) is 2.75. The van der Waals surface area contributed by atoms with Gasteiger partial charge in [-0.05, 0) is 25.3 Å². The summed E-state index contributed by atoms with van der Waals surface area (Å²) < 4.78 is 10.8. The van der Waals surface area contributed by atoms with Gasteiger partial charge in [-0.3, -0.25) is 9.78 Å². The molecule has 7 heteroatoms. The summed E-state index contributed by atoms with van der Waals surface area (Å²) in [4.78, 5) is 31.6. The molecule has 0 spiro atoms. The van der Waals surface area contributed by atoms with E-state index in [1.165, 1.54) is 0 Å². The van der Waals surface area contributed by atoms with Crippen molar-refractivity contribution in [2.75, 3.05) is 14.2 Å². The van der Waals surface area contributed by atoms with Crippen LogP contribution in [0.15, 0.2) is 36.5 Å². The van der Waals surface area contributed by atoms with E-state index in [0.29, 0.717) is 6.54 Å². The Balaban J connectivity index is 2.07. The maximum Gasteiger partial charge on any atom is 0.408 e. The van der Waals surface area contributed by atoms with Crippen LogP contribution >= 0.6 is 0 Å². The van der Waals surface area contributed by atoms with Crippen molar-refractivity contribution in [2.24, 2.45) is 5.92 Å². The summed E-state index contributed by atoms with van der Waals surface area (Å²) in [5.41, 5.74) is 3.49. The number of hydrogen-bond acceptors (Lipinski definition) is 5. The lowest BCUT2D eigenvalue weighted by Crippen LogP contribution is -2.50. The molecule has 0 fully saturated rings. The lowest BCUT2D eigenvalue weighted by atomic mass is 9.98. The predicted molar refractivity (Wildman–Crippen MR) is 120 cm³/mol. The van der Waals surface area contributed by atoms with Gasteiger partial charge in [-0.2, -0.15) is 0 Å². The Labute approximate surface area is 184 Å². The maximum atomic E-state index is 13.2. The van der Waals surface area contributed by atoms with Crippen molar-refractivity contribution in [2.45, 2.75) is 53.3 Å². The van der Waals surface area contributed by atoms with E-state index in [2.05, 4.69) is 10.3 Å². The number of aryl methyl sites for hydroxylation is 1. The van der Waals surface area contributed by atoms with Gasteiger partial charge in [-0.25, -0.2) is 4.79 Å². The second kappa shape index (κ2) is 11.3. The zero-order valence-corrected chi connectivity index (χ0v) is 19.3. The number of ether oxygens (including phenoxy) is 2. The standard InChI is InChI=1S/C24H33N3O4/c1-7-16(2)21(26-24(29)31-15-19-11-9-8-10-12-19)23(28)27(5)14-20-18(4)22(30-6)17(3)13-25-20/h8-13,16,21H,7,14-15H2,1-6H3,(H,26,29)/t16-,21-/m0/s1. The highest BCUT2D eigenvalue weighted by Crippen LogP contribution is 2.25. The van der Waals surface area contributed by atoms with Gasteiger partial charge in [0, 0.05) is 24.4 Å². The second-order valence-corrected chi connectivity index (χ2v) is 7.81. The lowest BCUT2D eigenvalue weighted by molar-refractivity contribution is -0.133. The highest BCUT2D eigenvalue weighted by Gasteiger charge is 2.29. The van der Waals surface area contributed by atoms with Gasteiger partial charge in [0.05, 0.1) is 19.3 Å². The van der Waals surface area contributed by atoms with Crippen LogP contribution in [-0.4, -0.2) is 42.1 Å². The average Bonchev–Trinajstić information content (AvgIpc) is 2.78. The molecule has 1 aromatic carbocycles. The fraction of sp³-hybridized carbons (Fsp3) is 0.458. The van der Waals surface area contributed by atoms with Crippen molar-refractivity contribution in [3.05, 3.63) is 58.9 Å². The molecule has 1 heterocycles. The summed E-state index contributed by atoms with van der Waals surface area (Å²) >= 11 is 0. The Bertz CT molecular complexity index is 886. The molecule has 1 aromatic heterocycles. The Hall–Kier alpha value is -3.09. The largest absolute Gasteiger partial charge is 0.496 e. The Morgan fingerprint density at radius 3 is 2.48 bits per heavy atom. The third-order valence-electron chi connectivity index (χ3n) is 5.48. The quantitative estimate of drug-likeness (QED) is 0.654. The zero-order chi connectivity index (χ0) is 23.0. The van der Waals surface area contributed by atoms with E-state index in [4.69, 9.17) is 9.47 Å². The molecule has 0 unspecified atom stereocenters. The van der Waals surface area contributed by atoms with Crippen LogP contribution in [0, 0.1) is 19.8 Å². The van der Waals surface area contributed by atoms with Crippen molar-refractivity contribution < 1.29 is 19.1 Å². The molecule has 31 heavy (non-hydrogen) atoms. The molecule has 2 amide bonds. The van der Waals surface area contributed by atoms with E-state index in [1.54, 1.807) is 25.3 Å². The number of nitrogens with one attached hydrogen (secondary N) is 1. The smallest absolute Gasteiger partial charge is 0.408 e. The summed E-state index contributed by atoms with van der Waals surface area (Å²) in [6.45, 7) is 8.25. The Morgan fingerprint density at radius 1 is 1.19 bits per heavy atom. The molecule has 2 atom stereocenters. The SMILES string of the molecule is CC[C@H](C)[C@H](NC(=O)OCc1ccccc1)C(=O)N(C)Cc1ncc(C)c(OC)c1C. The number of carbonyl (C=O) groups excluding carboxylic acids is 2. The number of amides is 2. The van der Waals surface area contributed by atoms with E-state index in [-0.39, 0.29) is 18.4 Å². The van der Waals surface area contributed by atoms with Crippen LogP contribution in [0.1, 0.15) is 42.7 Å². The Kier molecular flexibility index (Phi) is 8.85. The van der Waals surface area contributed by atoms with E-state index in [9.17, 15) is 9.59 Å². The molecule has 0 saturated heterocycles. The van der Waals surface area contributed by atoms with Crippen LogP contribution < -0.4 is 10.1 Å². The van der Waals surface area contributed by atoms with Crippen molar-refractivity contribution >= 4 is 12.0 Å². The molecule has 2 rings (SSSR count). The molecule has 2 aromatic rings. The number of nitrogens with zero attached hydrogens (tertiary/aromatic N) is 2. The maximum absolute atomic E-state index is 13.2. The van der Waals surface area contributed by atoms with Crippen LogP contribution in [0.2, 0.25) is 0 Å². The first-order valence-corrected chi connectivity index (χ1v) is 10.5. The van der Waals surface area contributed by atoms with E-state index in [0.717, 1.165) is 34.6 Å². The van der Waals surface area contributed by atoms with Gasteiger partial charge in [0.2, 0.25) is 5.91 Å². The fourth-order valence-electron chi connectivity index (χ4n) is 3.35. The minimum atomic E-state index is -0.689. The highest BCUT2D eigenvalue weighted by molar-refractivity contribution is 5.85. The van der Waals surface area contributed by atoms with Crippen molar-refractivity contribution in [1.29, 1.82) is 0 Å². The van der Waals surface area contributed by atoms with E-state index < -0.39 is 12.1 Å². The number of aromatic nitrogens is 1. The van der Waals surface area contributed by atoms with Gasteiger partial charge in [0.25, 0.3) is 0 Å². The van der Waals surface area contributed by atoms with Crippen LogP contribution in [-0.2, 0) is 22.7 Å². The minimum Gasteiger partial charge on any atom is -0.496 e. The van der Waals surface area contributed by atoms with Crippen molar-refractivity contribution in [3.8, 4) is 5.75 Å². The molecule has 0 aliphatic rings. The van der Waals surface area contributed by atoms with Crippen molar-refractivity contribution in [1.82, 2.24) is 15.2 Å². The molecule has 0 saturated carbocycles. The van der Waals surface area contributed by atoms with Gasteiger partial charge in [-0.15, -0.1) is 0 Å². The normalized spacial score (nSPS) is 12.6. The number of methoxy groups -OCH3 is 1. The summed E-state index contributed by atoms with van der Waals surface area (Å²) in [6, 6.07) is 8.73. The monoisotopic (exact) mass is 427 g/mol. The molecule has 1 N–H and O–H groups in total. The third-order valence-corrected chi connectivity index (χ3v) is 5.48. The van der Waals surface area contributed by atoms with Gasteiger partial charge in [0.1, 0.15) is 18.4 Å².